The molecule has 1 aromatic heterocycles. The molecule has 0 saturated carbocycles. The van der Waals surface area contributed by atoms with Crippen molar-refractivity contribution in [1.29, 1.82) is 0 Å². The molecule has 1 aliphatic rings. The van der Waals surface area contributed by atoms with Crippen molar-refractivity contribution in [3.8, 4) is 5.75 Å². The summed E-state index contributed by atoms with van der Waals surface area (Å²) in [4.78, 5) is 15.5. The van der Waals surface area contributed by atoms with E-state index in [2.05, 4.69) is 46.7 Å². The second-order valence-electron chi connectivity index (χ2n) is 7.05. The van der Waals surface area contributed by atoms with E-state index < -0.39 is 0 Å². The molecule has 1 aliphatic heterocycles. The number of morpholine rings is 1. The maximum atomic E-state index is 9.59. The van der Waals surface area contributed by atoms with Crippen LogP contribution < -0.4 is 15.6 Å². The molecule has 33 heavy (non-hydrogen) atoms. The number of rotatable bonds is 6. The minimum absolute atomic E-state index is 0. The lowest BCUT2D eigenvalue weighted by Gasteiger charge is -2.27. The van der Waals surface area contributed by atoms with E-state index in [9.17, 15) is 5.11 Å². The van der Waals surface area contributed by atoms with Crippen LogP contribution in [0.5, 0.6) is 5.75 Å². The summed E-state index contributed by atoms with van der Waals surface area (Å²) in [5.74, 6) is 1.29. The molecule has 3 aromatic rings. The number of phenolic OH excluding ortho intramolecular Hbond substituents is 1. The zero-order valence-electron chi connectivity index (χ0n) is 17.6. The third kappa shape index (κ3) is 6.67. The molecule has 0 spiro atoms. The fourth-order valence-corrected chi connectivity index (χ4v) is 3.73. The molecule has 0 aliphatic carbocycles. The molecule has 3 N–H and O–H groups in total. The molecule has 0 atom stereocenters. The molecular weight excluding hydrogens is 533 g/mol. The van der Waals surface area contributed by atoms with Gasteiger partial charge in [-0.3, -0.25) is 0 Å². The largest absolute Gasteiger partial charge is 0.508 e. The summed E-state index contributed by atoms with van der Waals surface area (Å²) in [6, 6.07) is 10.5. The first kappa shape index (κ1) is 25.0. The van der Waals surface area contributed by atoms with E-state index in [0.29, 0.717) is 43.2 Å². The van der Waals surface area contributed by atoms with E-state index >= 15 is 0 Å². The number of aromatic hydroxyl groups is 1. The highest BCUT2D eigenvalue weighted by molar-refractivity contribution is 9.10. The molecule has 174 valence electrons. The lowest BCUT2D eigenvalue weighted by Crippen LogP contribution is -2.37. The van der Waals surface area contributed by atoms with Crippen LogP contribution in [0.4, 0.5) is 23.5 Å². The van der Waals surface area contributed by atoms with E-state index in [-0.39, 0.29) is 24.1 Å². The topological polar surface area (TPSA) is 108 Å². The summed E-state index contributed by atoms with van der Waals surface area (Å²) >= 11 is 9.84. The first-order chi connectivity index (χ1) is 15.5. The molecule has 0 amide bonds. The lowest BCUT2D eigenvalue weighted by molar-refractivity contribution is 0.122. The normalized spacial score (nSPS) is 13.6. The van der Waals surface area contributed by atoms with Crippen LogP contribution in [-0.4, -0.2) is 52.6 Å². The second kappa shape index (κ2) is 11.5. The first-order valence-corrected chi connectivity index (χ1v) is 11.0. The zero-order valence-corrected chi connectivity index (χ0v) is 20.8. The summed E-state index contributed by atoms with van der Waals surface area (Å²) in [6.45, 7) is 4.49. The quantitative estimate of drug-likeness (QED) is 0.296. The molecule has 0 unspecified atom stereocenters. The second-order valence-corrected chi connectivity index (χ2v) is 8.31. The summed E-state index contributed by atoms with van der Waals surface area (Å²) in [5.41, 5.74) is 5.26. The molecule has 0 bridgehead atoms. The molecule has 1 fully saturated rings. The van der Waals surface area contributed by atoms with Gasteiger partial charge in [0.2, 0.25) is 17.8 Å². The van der Waals surface area contributed by atoms with Gasteiger partial charge in [0.1, 0.15) is 5.75 Å². The molecule has 0 radical (unpaired) electrons. The number of aryl methyl sites for hydroxylation is 1. The van der Waals surface area contributed by atoms with Crippen LogP contribution in [-0.2, 0) is 4.74 Å². The van der Waals surface area contributed by atoms with Crippen molar-refractivity contribution in [2.24, 2.45) is 5.10 Å². The van der Waals surface area contributed by atoms with Crippen LogP contribution in [0.1, 0.15) is 11.1 Å². The van der Waals surface area contributed by atoms with E-state index in [4.69, 9.17) is 16.3 Å². The van der Waals surface area contributed by atoms with Crippen molar-refractivity contribution in [2.75, 3.05) is 41.9 Å². The Kier molecular flexibility index (Phi) is 8.67. The van der Waals surface area contributed by atoms with Crippen molar-refractivity contribution < 1.29 is 9.84 Å². The fourth-order valence-electron chi connectivity index (χ4n) is 3.01. The molecule has 9 nitrogen and oxygen atoms in total. The number of anilines is 4. The molecule has 2 heterocycles. The highest BCUT2D eigenvalue weighted by Crippen LogP contribution is 2.31. The first-order valence-electron chi connectivity index (χ1n) is 9.87. The van der Waals surface area contributed by atoms with Gasteiger partial charge in [0.25, 0.3) is 0 Å². The summed E-state index contributed by atoms with van der Waals surface area (Å²) in [6.07, 6.45) is 1.57. The minimum Gasteiger partial charge on any atom is -0.508 e. The van der Waals surface area contributed by atoms with Gasteiger partial charge in [-0.05, 0) is 58.2 Å². The van der Waals surface area contributed by atoms with Crippen molar-refractivity contribution in [3.05, 3.63) is 57.0 Å². The Morgan fingerprint density at radius 2 is 1.91 bits per heavy atom. The number of hydrazone groups is 1. The van der Waals surface area contributed by atoms with Crippen molar-refractivity contribution in [1.82, 2.24) is 15.0 Å². The lowest BCUT2D eigenvalue weighted by atomic mass is 10.2. The Morgan fingerprint density at radius 3 is 2.67 bits per heavy atom. The summed E-state index contributed by atoms with van der Waals surface area (Å²) in [7, 11) is 0. The van der Waals surface area contributed by atoms with E-state index in [1.807, 2.05) is 30.0 Å². The van der Waals surface area contributed by atoms with Crippen molar-refractivity contribution >= 4 is 69.7 Å². The zero-order chi connectivity index (χ0) is 22.5. The Bertz CT molecular complexity index is 1140. The Morgan fingerprint density at radius 1 is 1.15 bits per heavy atom. The van der Waals surface area contributed by atoms with Crippen LogP contribution in [0, 0.1) is 6.92 Å². The van der Waals surface area contributed by atoms with Gasteiger partial charge in [-0.25, -0.2) is 5.43 Å². The van der Waals surface area contributed by atoms with Crippen LogP contribution in [0.25, 0.3) is 0 Å². The predicted octanol–water partition coefficient (Wildman–Crippen LogP) is 4.75. The number of benzene rings is 2. The average Bonchev–Trinajstić information content (AvgIpc) is 2.78. The van der Waals surface area contributed by atoms with Crippen molar-refractivity contribution in [2.45, 2.75) is 6.92 Å². The third-order valence-corrected chi connectivity index (χ3v) is 5.72. The maximum Gasteiger partial charge on any atom is 0.250 e. The van der Waals surface area contributed by atoms with Crippen LogP contribution >= 0.6 is 39.9 Å². The molecule has 1 saturated heterocycles. The third-order valence-electron chi connectivity index (χ3n) is 4.66. The number of hydrogen-bond donors (Lipinski definition) is 3. The van der Waals surface area contributed by atoms with E-state index in [0.717, 1.165) is 21.3 Å². The van der Waals surface area contributed by atoms with Gasteiger partial charge in [-0.15, -0.1) is 12.4 Å². The van der Waals surface area contributed by atoms with E-state index in [1.165, 1.54) is 0 Å². The fraction of sp³-hybridized carbons (Fsp3) is 0.238. The Labute approximate surface area is 210 Å². The van der Waals surface area contributed by atoms with Gasteiger partial charge in [0, 0.05) is 22.6 Å². The van der Waals surface area contributed by atoms with E-state index in [1.54, 1.807) is 24.4 Å². The number of ether oxygens (including phenoxy) is 1. The standard InChI is InChI=1S/C21H21BrClN7O2.ClH/c1-13-9-16(22)18(11-17(13)23)25-19-26-20(28-21(27-19)30-5-7-32-8-6-30)29-24-12-14-3-2-4-15(31)10-14;/h2-4,9-12,31H,5-8H2,1H3,(H2,25,26,27,28,29);1H. The smallest absolute Gasteiger partial charge is 0.250 e. The highest BCUT2D eigenvalue weighted by Gasteiger charge is 2.17. The van der Waals surface area contributed by atoms with Gasteiger partial charge in [0.05, 0.1) is 25.1 Å². The molecule has 12 heteroatoms. The minimum atomic E-state index is 0. The number of phenols is 1. The van der Waals surface area contributed by atoms with Gasteiger partial charge in [-0.2, -0.15) is 20.1 Å². The number of aromatic nitrogens is 3. The van der Waals surface area contributed by atoms with Gasteiger partial charge >= 0.3 is 0 Å². The maximum absolute atomic E-state index is 9.59. The average molecular weight is 555 g/mol. The summed E-state index contributed by atoms with van der Waals surface area (Å²) < 4.78 is 6.27. The van der Waals surface area contributed by atoms with Crippen molar-refractivity contribution in [3.63, 3.8) is 0 Å². The van der Waals surface area contributed by atoms with Crippen LogP contribution in [0.15, 0.2) is 46.0 Å². The number of nitrogens with zero attached hydrogens (tertiary/aromatic N) is 5. The van der Waals surface area contributed by atoms with Crippen LogP contribution in [0.2, 0.25) is 5.02 Å². The molecule has 2 aromatic carbocycles. The van der Waals surface area contributed by atoms with Crippen LogP contribution in [0.3, 0.4) is 0 Å². The number of hydrogen-bond acceptors (Lipinski definition) is 9. The van der Waals surface area contributed by atoms with Gasteiger partial charge < -0.3 is 20.1 Å². The monoisotopic (exact) mass is 553 g/mol. The number of halogens is 3. The Balaban J connectivity index is 0.00000306. The summed E-state index contributed by atoms with van der Waals surface area (Å²) in [5, 5.41) is 17.6. The Hall–Kier alpha value is -2.66. The van der Waals surface area contributed by atoms with Gasteiger partial charge in [-0.1, -0.05) is 23.7 Å². The predicted molar refractivity (Wildman–Crippen MR) is 137 cm³/mol. The SMILES string of the molecule is Cc1cc(Br)c(Nc2nc(NN=Cc3cccc(O)c3)nc(N3CCOCC3)n2)cc1Cl.Cl. The molecule has 4 rings (SSSR count). The number of nitrogens with one attached hydrogen (secondary N) is 2. The molecular formula is C21H22BrCl2N7O2. The highest BCUT2D eigenvalue weighted by atomic mass is 79.9. The van der Waals surface area contributed by atoms with Gasteiger partial charge in [0.15, 0.2) is 0 Å².